The van der Waals surface area contributed by atoms with E-state index in [9.17, 15) is 9.59 Å². The highest BCUT2D eigenvalue weighted by molar-refractivity contribution is 5.69. The Morgan fingerprint density at radius 1 is 1.28 bits per heavy atom. The molecule has 0 aliphatic heterocycles. The van der Waals surface area contributed by atoms with E-state index in [-0.39, 0.29) is 0 Å². The zero-order valence-corrected chi connectivity index (χ0v) is 10.4. The molecule has 0 atom stereocenters. The minimum absolute atomic E-state index is 0.305. The molecule has 0 unspecified atom stereocenters. The van der Waals surface area contributed by atoms with Gasteiger partial charge in [0.25, 0.3) is 5.56 Å². The lowest BCUT2D eigenvalue weighted by Gasteiger charge is -1.99. The highest BCUT2D eigenvalue weighted by Crippen LogP contribution is 2.05. The van der Waals surface area contributed by atoms with Crippen LogP contribution < -0.4 is 11.2 Å². The molecule has 2 heterocycles. The van der Waals surface area contributed by atoms with Gasteiger partial charge in [-0.3, -0.25) is 14.3 Å². The first kappa shape index (κ1) is 12.6. The molecule has 0 amide bonds. The van der Waals surface area contributed by atoms with Crippen LogP contribution in [0.1, 0.15) is 26.1 Å². The van der Waals surface area contributed by atoms with Gasteiger partial charge in [0.1, 0.15) is 17.9 Å². The Hall–Kier alpha value is -1.89. The van der Waals surface area contributed by atoms with Crippen molar-refractivity contribution in [3.63, 3.8) is 0 Å². The van der Waals surface area contributed by atoms with Crippen molar-refractivity contribution in [2.45, 2.75) is 33.4 Å². The summed E-state index contributed by atoms with van der Waals surface area (Å²) in [5.74, 6) is 0.553. The largest absolute Gasteiger partial charge is 0.374 e. The third kappa shape index (κ3) is 2.21. The van der Waals surface area contributed by atoms with Crippen LogP contribution in [0.25, 0.3) is 11.2 Å². The summed E-state index contributed by atoms with van der Waals surface area (Å²) in [5.41, 5.74) is -0.204. The molecule has 7 nitrogen and oxygen atoms in total. The quantitative estimate of drug-likeness (QED) is 0.751. The summed E-state index contributed by atoms with van der Waals surface area (Å²) in [6.45, 7) is 5.22. The smallest absolute Gasteiger partial charge is 0.330 e. The lowest BCUT2D eigenvalue weighted by Crippen LogP contribution is -2.29. The van der Waals surface area contributed by atoms with E-state index in [2.05, 4.69) is 15.0 Å². The Bertz CT molecular complexity index is 652. The summed E-state index contributed by atoms with van der Waals surface area (Å²) in [7, 11) is 0. The maximum atomic E-state index is 11.6. The molecular formula is C11H16N4O3. The number of aryl methyl sites for hydroxylation is 1. The Morgan fingerprint density at radius 3 is 2.72 bits per heavy atom. The number of nitrogens with zero attached hydrogens (tertiary/aromatic N) is 2. The first-order valence-electron chi connectivity index (χ1n) is 5.96. The minimum Gasteiger partial charge on any atom is -0.374 e. The van der Waals surface area contributed by atoms with Crippen LogP contribution in [0.4, 0.5) is 0 Å². The van der Waals surface area contributed by atoms with E-state index in [4.69, 9.17) is 4.74 Å². The number of hydrogen-bond acceptors (Lipinski definition) is 4. The summed E-state index contributed by atoms with van der Waals surface area (Å²) in [6.07, 6.45) is 0.917. The molecule has 0 aromatic carbocycles. The Labute approximate surface area is 103 Å². The van der Waals surface area contributed by atoms with E-state index in [1.165, 1.54) is 4.57 Å². The first-order valence-corrected chi connectivity index (χ1v) is 5.96. The number of fused-ring (bicyclic) bond motifs is 1. The van der Waals surface area contributed by atoms with Crippen LogP contribution >= 0.6 is 0 Å². The summed E-state index contributed by atoms with van der Waals surface area (Å²) >= 11 is 0. The van der Waals surface area contributed by atoms with Crippen LogP contribution in [0.3, 0.4) is 0 Å². The average molecular weight is 252 g/mol. The number of ether oxygens (including phenoxy) is 1. The highest BCUT2D eigenvalue weighted by atomic mass is 16.5. The molecule has 0 fully saturated rings. The predicted molar refractivity (Wildman–Crippen MR) is 66.6 cm³/mol. The predicted octanol–water partition coefficient (Wildman–Crippen LogP) is 0.359. The fraction of sp³-hybridized carbons (Fsp3) is 0.545. The summed E-state index contributed by atoms with van der Waals surface area (Å²) in [6, 6.07) is 0. The zero-order chi connectivity index (χ0) is 13.1. The van der Waals surface area contributed by atoms with Crippen molar-refractivity contribution < 1.29 is 4.74 Å². The van der Waals surface area contributed by atoms with E-state index in [1.807, 2.05) is 13.8 Å². The Kier molecular flexibility index (Phi) is 3.61. The van der Waals surface area contributed by atoms with Gasteiger partial charge in [-0.15, -0.1) is 0 Å². The molecule has 18 heavy (non-hydrogen) atoms. The second-order valence-electron chi connectivity index (χ2n) is 3.94. The van der Waals surface area contributed by atoms with E-state index in [0.717, 1.165) is 6.42 Å². The van der Waals surface area contributed by atoms with Crippen molar-refractivity contribution in [1.29, 1.82) is 0 Å². The van der Waals surface area contributed by atoms with E-state index in [1.54, 1.807) is 0 Å². The lowest BCUT2D eigenvalue weighted by atomic mass is 10.5. The van der Waals surface area contributed by atoms with Gasteiger partial charge in [0.15, 0.2) is 5.65 Å². The summed E-state index contributed by atoms with van der Waals surface area (Å²) < 4.78 is 6.76. The molecule has 2 N–H and O–H groups in total. The highest BCUT2D eigenvalue weighted by Gasteiger charge is 2.11. The van der Waals surface area contributed by atoms with Gasteiger partial charge in [-0.1, -0.05) is 6.92 Å². The van der Waals surface area contributed by atoms with Gasteiger partial charge >= 0.3 is 5.69 Å². The molecule has 0 saturated heterocycles. The molecule has 2 rings (SSSR count). The van der Waals surface area contributed by atoms with Crippen LogP contribution in [-0.4, -0.2) is 26.1 Å². The van der Waals surface area contributed by atoms with Crippen molar-refractivity contribution in [3.05, 3.63) is 26.7 Å². The number of hydrogen-bond donors (Lipinski definition) is 2. The van der Waals surface area contributed by atoms with Gasteiger partial charge in [-0.05, 0) is 13.3 Å². The number of H-pyrrole nitrogens is 2. The van der Waals surface area contributed by atoms with Crippen LogP contribution in [0, 0.1) is 0 Å². The molecule has 0 saturated carbocycles. The number of aromatic amines is 2. The summed E-state index contributed by atoms with van der Waals surface area (Å²) in [5, 5.41) is 0. The lowest BCUT2D eigenvalue weighted by molar-refractivity contribution is 0.117. The zero-order valence-electron chi connectivity index (χ0n) is 10.4. The standard InChI is InChI=1S/C11H16N4O3/c1-3-5-18-6-7-12-8-9(13-7)15(4-2)11(17)14-10(8)16/h3-6H2,1-2H3,(H,12,13)(H,14,16,17). The summed E-state index contributed by atoms with van der Waals surface area (Å²) in [4.78, 5) is 32.6. The second-order valence-corrected chi connectivity index (χ2v) is 3.94. The fourth-order valence-electron chi connectivity index (χ4n) is 1.76. The SMILES string of the molecule is CCCOCc1nc2c([nH]1)c(=O)[nH]c(=O)n2CC. The van der Waals surface area contributed by atoms with Crippen molar-refractivity contribution in [2.24, 2.45) is 0 Å². The van der Waals surface area contributed by atoms with Crippen LogP contribution in [0.15, 0.2) is 9.59 Å². The van der Waals surface area contributed by atoms with Gasteiger partial charge in [0, 0.05) is 13.2 Å². The van der Waals surface area contributed by atoms with Gasteiger partial charge in [0.2, 0.25) is 0 Å². The molecule has 0 bridgehead atoms. The molecule has 98 valence electrons. The molecular weight excluding hydrogens is 236 g/mol. The maximum Gasteiger partial charge on any atom is 0.330 e. The molecule has 2 aromatic rings. The van der Waals surface area contributed by atoms with Gasteiger partial charge < -0.3 is 9.72 Å². The number of imidazole rings is 1. The monoisotopic (exact) mass is 252 g/mol. The minimum atomic E-state index is -0.450. The molecule has 0 spiro atoms. The van der Waals surface area contributed by atoms with Crippen molar-refractivity contribution in [2.75, 3.05) is 6.61 Å². The van der Waals surface area contributed by atoms with Crippen molar-refractivity contribution in [1.82, 2.24) is 19.5 Å². The second kappa shape index (κ2) is 5.18. The third-order valence-electron chi connectivity index (χ3n) is 2.59. The van der Waals surface area contributed by atoms with E-state index >= 15 is 0 Å². The third-order valence-corrected chi connectivity index (χ3v) is 2.59. The normalized spacial score (nSPS) is 11.2. The molecule has 2 aromatic heterocycles. The van der Waals surface area contributed by atoms with E-state index in [0.29, 0.717) is 36.7 Å². The molecule has 0 aliphatic rings. The number of nitrogens with one attached hydrogen (secondary N) is 2. The van der Waals surface area contributed by atoms with Crippen LogP contribution in [-0.2, 0) is 17.9 Å². The molecule has 7 heteroatoms. The average Bonchev–Trinajstić information content (AvgIpc) is 2.74. The van der Waals surface area contributed by atoms with Gasteiger partial charge in [-0.25, -0.2) is 9.78 Å². The van der Waals surface area contributed by atoms with Gasteiger partial charge in [-0.2, -0.15) is 0 Å². The van der Waals surface area contributed by atoms with Crippen LogP contribution in [0.2, 0.25) is 0 Å². The van der Waals surface area contributed by atoms with Gasteiger partial charge in [0.05, 0.1) is 0 Å². The Morgan fingerprint density at radius 2 is 2.06 bits per heavy atom. The molecule has 0 aliphatic carbocycles. The van der Waals surface area contributed by atoms with E-state index < -0.39 is 11.2 Å². The van der Waals surface area contributed by atoms with Crippen molar-refractivity contribution in [3.8, 4) is 0 Å². The molecule has 0 radical (unpaired) electrons. The van der Waals surface area contributed by atoms with Crippen molar-refractivity contribution >= 4 is 11.2 Å². The topological polar surface area (TPSA) is 92.8 Å². The number of aromatic nitrogens is 4. The fourth-order valence-corrected chi connectivity index (χ4v) is 1.76. The van der Waals surface area contributed by atoms with Crippen LogP contribution in [0.5, 0.6) is 0 Å². The maximum absolute atomic E-state index is 11.6. The first-order chi connectivity index (χ1) is 8.67. The number of rotatable bonds is 5. The Balaban J connectivity index is 2.46.